The monoisotopic (exact) mass is 390 g/mol. The van der Waals surface area contributed by atoms with E-state index in [4.69, 9.17) is 4.74 Å². The van der Waals surface area contributed by atoms with Crippen LogP contribution < -0.4 is 10.1 Å². The highest BCUT2D eigenvalue weighted by molar-refractivity contribution is 7.90. The normalized spacial score (nSPS) is 12.6. The number of rotatable bonds is 9. The molecule has 2 rings (SSSR count). The van der Waals surface area contributed by atoms with E-state index in [-0.39, 0.29) is 23.4 Å². The predicted octanol–water partition coefficient (Wildman–Crippen LogP) is 2.28. The minimum atomic E-state index is -3.21. The van der Waals surface area contributed by atoms with Gasteiger partial charge in [-0.2, -0.15) is 0 Å². The van der Waals surface area contributed by atoms with Crippen LogP contribution in [0.1, 0.15) is 18.5 Å². The fraction of sp³-hybridized carbons (Fsp3) is 0.350. The molecule has 2 aromatic carbocycles. The summed E-state index contributed by atoms with van der Waals surface area (Å²) in [5.41, 5.74) is 0.949. The van der Waals surface area contributed by atoms with Crippen molar-refractivity contribution >= 4 is 15.7 Å². The van der Waals surface area contributed by atoms with Crippen molar-refractivity contribution < 1.29 is 17.9 Å². The number of nitrogens with zero attached hydrogens (tertiary/aromatic N) is 1. The van der Waals surface area contributed by atoms with Gasteiger partial charge in [-0.3, -0.25) is 9.69 Å². The molecule has 27 heavy (non-hydrogen) atoms. The van der Waals surface area contributed by atoms with Crippen molar-refractivity contribution in [1.29, 1.82) is 0 Å². The Kier molecular flexibility index (Phi) is 7.38. The maximum atomic E-state index is 12.1. The van der Waals surface area contributed by atoms with E-state index >= 15 is 0 Å². The second kappa shape index (κ2) is 9.53. The van der Waals surface area contributed by atoms with Gasteiger partial charge in [-0.05, 0) is 43.8 Å². The van der Waals surface area contributed by atoms with Gasteiger partial charge in [0.1, 0.15) is 12.4 Å². The third kappa shape index (κ3) is 6.69. The zero-order valence-electron chi connectivity index (χ0n) is 15.9. The Balaban J connectivity index is 1.77. The van der Waals surface area contributed by atoms with Crippen molar-refractivity contribution in [3.05, 3.63) is 60.2 Å². The molecule has 0 aliphatic heterocycles. The van der Waals surface area contributed by atoms with Crippen LogP contribution in [0.15, 0.2) is 59.5 Å². The second-order valence-electron chi connectivity index (χ2n) is 6.44. The number of hydrogen-bond donors (Lipinski definition) is 1. The maximum absolute atomic E-state index is 12.1. The van der Waals surface area contributed by atoms with Gasteiger partial charge in [0.2, 0.25) is 5.91 Å². The molecule has 0 heterocycles. The molecule has 2 aromatic rings. The fourth-order valence-electron chi connectivity index (χ4n) is 2.54. The summed E-state index contributed by atoms with van der Waals surface area (Å²) in [6.07, 6.45) is 1.18. The lowest BCUT2D eigenvalue weighted by Crippen LogP contribution is -2.38. The van der Waals surface area contributed by atoms with Gasteiger partial charge < -0.3 is 10.1 Å². The van der Waals surface area contributed by atoms with Gasteiger partial charge in [-0.1, -0.05) is 30.3 Å². The van der Waals surface area contributed by atoms with Crippen molar-refractivity contribution in [2.45, 2.75) is 17.9 Å². The first-order chi connectivity index (χ1) is 12.8. The zero-order valence-corrected chi connectivity index (χ0v) is 16.7. The smallest absolute Gasteiger partial charge is 0.234 e. The van der Waals surface area contributed by atoms with Crippen molar-refractivity contribution in [2.75, 3.05) is 33.0 Å². The van der Waals surface area contributed by atoms with Crippen LogP contribution in [0.4, 0.5) is 0 Å². The van der Waals surface area contributed by atoms with Crippen LogP contribution in [0.3, 0.4) is 0 Å². The number of para-hydroxylation sites is 1. The van der Waals surface area contributed by atoms with Crippen LogP contribution in [0.2, 0.25) is 0 Å². The summed E-state index contributed by atoms with van der Waals surface area (Å²) >= 11 is 0. The summed E-state index contributed by atoms with van der Waals surface area (Å²) in [4.78, 5) is 14.3. The van der Waals surface area contributed by atoms with E-state index in [1.165, 1.54) is 6.26 Å². The Morgan fingerprint density at radius 2 is 1.74 bits per heavy atom. The van der Waals surface area contributed by atoms with Crippen LogP contribution in [0, 0.1) is 0 Å². The predicted molar refractivity (Wildman–Crippen MR) is 106 cm³/mol. The van der Waals surface area contributed by atoms with Crippen LogP contribution in [0.25, 0.3) is 0 Å². The average Bonchev–Trinajstić information content (AvgIpc) is 2.65. The number of ether oxygens (including phenoxy) is 1. The molecule has 1 N–H and O–H groups in total. The molecular weight excluding hydrogens is 364 g/mol. The van der Waals surface area contributed by atoms with Crippen molar-refractivity contribution in [3.63, 3.8) is 0 Å². The number of nitrogens with one attached hydrogen (secondary N) is 1. The summed E-state index contributed by atoms with van der Waals surface area (Å²) in [6.45, 7) is 3.04. The highest BCUT2D eigenvalue weighted by Gasteiger charge is 2.16. The van der Waals surface area contributed by atoms with Gasteiger partial charge in [0.05, 0.1) is 18.0 Å². The Labute approximate surface area is 161 Å². The Morgan fingerprint density at radius 1 is 1.11 bits per heavy atom. The Morgan fingerprint density at radius 3 is 2.33 bits per heavy atom. The summed E-state index contributed by atoms with van der Waals surface area (Å²) < 4.78 is 28.6. The quantitative estimate of drug-likeness (QED) is 0.665. The minimum Gasteiger partial charge on any atom is -0.492 e. The van der Waals surface area contributed by atoms with Crippen LogP contribution in [-0.4, -0.2) is 52.2 Å². The van der Waals surface area contributed by atoms with Crippen molar-refractivity contribution in [3.8, 4) is 5.75 Å². The number of likely N-dealkylation sites (N-methyl/N-ethyl adjacent to an activating group) is 1. The molecular formula is C20H26N2O4S. The summed E-state index contributed by atoms with van der Waals surface area (Å²) in [6, 6.07) is 16.2. The first kappa shape index (κ1) is 20.9. The summed E-state index contributed by atoms with van der Waals surface area (Å²) in [5.74, 6) is 0.684. The van der Waals surface area contributed by atoms with E-state index in [2.05, 4.69) is 5.32 Å². The van der Waals surface area contributed by atoms with Crippen molar-refractivity contribution in [2.24, 2.45) is 0 Å². The largest absolute Gasteiger partial charge is 0.492 e. The number of benzene rings is 2. The molecule has 0 aliphatic rings. The molecule has 0 fully saturated rings. The lowest BCUT2D eigenvalue weighted by atomic mass is 10.1. The minimum absolute atomic E-state index is 0.0232. The third-order valence-electron chi connectivity index (χ3n) is 4.28. The molecule has 1 amide bonds. The van der Waals surface area contributed by atoms with E-state index in [9.17, 15) is 13.2 Å². The number of carbonyl (C=O) groups excluding carboxylic acids is 1. The van der Waals surface area contributed by atoms with E-state index < -0.39 is 9.84 Å². The zero-order chi connectivity index (χ0) is 19.9. The maximum Gasteiger partial charge on any atom is 0.234 e. The number of carbonyl (C=O) groups is 1. The van der Waals surface area contributed by atoms with Gasteiger partial charge in [0.25, 0.3) is 0 Å². The molecule has 1 atom stereocenters. The molecule has 7 heteroatoms. The standard InChI is InChI=1S/C20H26N2O4S/c1-16(17-9-11-19(12-10-17)27(3,24)25)22(2)15-20(23)21-13-14-26-18-7-5-4-6-8-18/h4-12,16H,13-15H2,1-3H3,(H,21,23). The van der Waals surface area contributed by atoms with Gasteiger partial charge in [0, 0.05) is 12.3 Å². The SMILES string of the molecule is CC(c1ccc(S(C)(=O)=O)cc1)N(C)CC(=O)NCCOc1ccccc1. The van der Waals surface area contributed by atoms with Gasteiger partial charge >= 0.3 is 0 Å². The van der Waals surface area contributed by atoms with E-state index in [0.29, 0.717) is 13.2 Å². The summed E-state index contributed by atoms with van der Waals surface area (Å²) in [5, 5.41) is 2.83. The van der Waals surface area contributed by atoms with Crippen molar-refractivity contribution in [1.82, 2.24) is 10.2 Å². The number of amides is 1. The lowest BCUT2D eigenvalue weighted by Gasteiger charge is -2.24. The fourth-order valence-corrected chi connectivity index (χ4v) is 3.17. The molecule has 0 saturated heterocycles. The van der Waals surface area contributed by atoms with Crippen LogP contribution >= 0.6 is 0 Å². The molecule has 0 spiro atoms. The Bertz CT molecular complexity index is 836. The van der Waals surface area contributed by atoms with E-state index in [1.807, 2.05) is 49.2 Å². The molecule has 0 saturated carbocycles. The second-order valence-corrected chi connectivity index (χ2v) is 8.46. The van der Waals surface area contributed by atoms with Gasteiger partial charge in [-0.15, -0.1) is 0 Å². The number of hydrogen-bond acceptors (Lipinski definition) is 5. The van der Waals surface area contributed by atoms with Crippen LogP contribution in [-0.2, 0) is 14.6 Å². The lowest BCUT2D eigenvalue weighted by molar-refractivity contribution is -0.122. The average molecular weight is 391 g/mol. The molecule has 0 aliphatic carbocycles. The highest BCUT2D eigenvalue weighted by atomic mass is 32.2. The van der Waals surface area contributed by atoms with Crippen LogP contribution in [0.5, 0.6) is 5.75 Å². The first-order valence-electron chi connectivity index (χ1n) is 8.72. The third-order valence-corrected chi connectivity index (χ3v) is 5.41. The molecule has 6 nitrogen and oxygen atoms in total. The molecule has 0 aromatic heterocycles. The molecule has 0 bridgehead atoms. The molecule has 146 valence electrons. The van der Waals surface area contributed by atoms with E-state index in [0.717, 1.165) is 11.3 Å². The topological polar surface area (TPSA) is 75.7 Å². The molecule has 1 unspecified atom stereocenters. The Hall–Kier alpha value is -2.38. The van der Waals surface area contributed by atoms with Gasteiger partial charge in [0.15, 0.2) is 9.84 Å². The number of sulfone groups is 1. The molecule has 0 radical (unpaired) electrons. The van der Waals surface area contributed by atoms with Gasteiger partial charge in [-0.25, -0.2) is 8.42 Å². The van der Waals surface area contributed by atoms with E-state index in [1.54, 1.807) is 24.3 Å². The highest BCUT2D eigenvalue weighted by Crippen LogP contribution is 2.20. The summed E-state index contributed by atoms with van der Waals surface area (Å²) in [7, 11) is -1.35. The first-order valence-corrected chi connectivity index (χ1v) is 10.6.